The number of anilines is 1. The second-order valence-electron chi connectivity index (χ2n) is 7.60. The van der Waals surface area contributed by atoms with Crippen LogP contribution in [0.1, 0.15) is 24.9 Å². The van der Waals surface area contributed by atoms with Crippen LogP contribution in [0.15, 0.2) is 6.33 Å². The van der Waals surface area contributed by atoms with Gasteiger partial charge < -0.3 is 35.6 Å². The zero-order valence-electron chi connectivity index (χ0n) is 17.4. The molecule has 0 spiro atoms. The van der Waals surface area contributed by atoms with Gasteiger partial charge in [0.15, 0.2) is 23.8 Å². The van der Waals surface area contributed by atoms with Gasteiger partial charge in [-0.25, -0.2) is 19.7 Å². The molecule has 2 aliphatic rings. The summed E-state index contributed by atoms with van der Waals surface area (Å²) in [4.78, 5) is 37.6. The number of rotatable bonds is 4. The monoisotopic (exact) mass is 445 g/mol. The van der Waals surface area contributed by atoms with Crippen molar-refractivity contribution in [1.29, 1.82) is 0 Å². The van der Waals surface area contributed by atoms with E-state index in [9.17, 15) is 19.8 Å². The Morgan fingerprint density at radius 1 is 1.38 bits per heavy atom. The van der Waals surface area contributed by atoms with Crippen LogP contribution in [-0.2, 0) is 14.3 Å². The Morgan fingerprint density at radius 3 is 2.81 bits per heavy atom. The van der Waals surface area contributed by atoms with Gasteiger partial charge in [-0.05, 0) is 18.8 Å². The van der Waals surface area contributed by atoms with Crippen molar-refractivity contribution in [3.8, 4) is 11.8 Å². The fraction of sp³-hybridized carbons (Fsp3) is 0.526. The molecule has 2 amide bonds. The quantitative estimate of drug-likeness (QED) is 0.399. The van der Waals surface area contributed by atoms with Crippen LogP contribution >= 0.6 is 0 Å². The highest BCUT2D eigenvalue weighted by molar-refractivity contribution is 5.83. The summed E-state index contributed by atoms with van der Waals surface area (Å²) < 4.78 is 11.6. The molecule has 5 N–H and O–H groups in total. The summed E-state index contributed by atoms with van der Waals surface area (Å²) in [5.74, 6) is 5.08. The molecule has 0 bridgehead atoms. The maximum absolute atomic E-state index is 12.3. The van der Waals surface area contributed by atoms with E-state index in [0.29, 0.717) is 0 Å². The van der Waals surface area contributed by atoms with Gasteiger partial charge in [0.05, 0.1) is 20.0 Å². The summed E-state index contributed by atoms with van der Waals surface area (Å²) in [5, 5.41) is 23.6. The normalized spacial score (nSPS) is 24.6. The summed E-state index contributed by atoms with van der Waals surface area (Å²) in [5.41, 5.74) is 6.43. The third-order valence-electron chi connectivity index (χ3n) is 5.15. The van der Waals surface area contributed by atoms with Crippen LogP contribution in [0.2, 0.25) is 0 Å². The Morgan fingerprint density at radius 2 is 2.12 bits per heavy atom. The van der Waals surface area contributed by atoms with Gasteiger partial charge in [-0.2, -0.15) is 0 Å². The number of aliphatic hydroxyl groups is 2. The molecule has 0 radical (unpaired) electrons. The molecule has 0 aromatic carbocycles. The maximum Gasteiger partial charge on any atom is 0.410 e. The Balaban J connectivity index is 1.58. The smallest absolute Gasteiger partial charge is 0.410 e. The molecule has 2 aromatic rings. The predicted octanol–water partition coefficient (Wildman–Crippen LogP) is -1.64. The first-order chi connectivity index (χ1) is 15.3. The van der Waals surface area contributed by atoms with Crippen LogP contribution in [-0.4, -0.2) is 91.7 Å². The molecule has 1 aliphatic carbocycles. The number of aliphatic hydroxyl groups excluding tert-OH is 2. The fourth-order valence-electron chi connectivity index (χ4n) is 3.26. The molecule has 4 rings (SSSR count). The van der Waals surface area contributed by atoms with E-state index >= 15 is 0 Å². The lowest BCUT2D eigenvalue weighted by molar-refractivity contribution is -0.137. The van der Waals surface area contributed by atoms with Crippen LogP contribution in [0.4, 0.5) is 10.6 Å². The van der Waals surface area contributed by atoms with Gasteiger partial charge in [0, 0.05) is 13.1 Å². The first kappa shape index (κ1) is 21.8. The number of methoxy groups -OCH3 is 1. The molecule has 13 heteroatoms. The second kappa shape index (κ2) is 8.58. The Hall–Kier alpha value is -3.47. The zero-order chi connectivity index (χ0) is 23.0. The summed E-state index contributed by atoms with van der Waals surface area (Å²) in [7, 11) is 2.79. The number of hydrogen-bond acceptors (Lipinski definition) is 10. The van der Waals surface area contributed by atoms with E-state index in [4.69, 9.17) is 10.5 Å². The number of nitrogen functional groups attached to an aromatic ring is 1. The van der Waals surface area contributed by atoms with Gasteiger partial charge in [0.1, 0.15) is 17.7 Å². The number of nitrogens with two attached hydrogens (primary N) is 1. The zero-order valence-corrected chi connectivity index (χ0v) is 17.4. The third-order valence-corrected chi connectivity index (χ3v) is 5.15. The van der Waals surface area contributed by atoms with Crippen molar-refractivity contribution in [2.45, 2.75) is 43.4 Å². The van der Waals surface area contributed by atoms with E-state index in [2.05, 4.69) is 36.8 Å². The molecule has 4 atom stereocenters. The first-order valence-electron chi connectivity index (χ1n) is 9.90. The molecule has 2 fully saturated rings. The van der Waals surface area contributed by atoms with Crippen LogP contribution in [0.25, 0.3) is 11.2 Å². The fourth-order valence-corrected chi connectivity index (χ4v) is 3.26. The van der Waals surface area contributed by atoms with Crippen LogP contribution < -0.4 is 11.1 Å². The summed E-state index contributed by atoms with van der Waals surface area (Å²) >= 11 is 0. The molecular weight excluding hydrogens is 422 g/mol. The lowest BCUT2D eigenvalue weighted by Gasteiger charge is -2.16. The largest absolute Gasteiger partial charge is 0.453 e. The van der Waals surface area contributed by atoms with Crippen LogP contribution in [0.5, 0.6) is 0 Å². The summed E-state index contributed by atoms with van der Waals surface area (Å²) in [6.07, 6.45) is -2.64. The number of hydrogen-bond donors (Lipinski definition) is 4. The van der Waals surface area contributed by atoms with E-state index < -0.39 is 36.5 Å². The first-order valence-corrected chi connectivity index (χ1v) is 9.90. The summed E-state index contributed by atoms with van der Waals surface area (Å²) in [6.45, 7) is 0.0711. The number of aromatic nitrogens is 4. The number of nitrogens with one attached hydrogen (secondary N) is 1. The van der Waals surface area contributed by atoms with Gasteiger partial charge in [-0.1, -0.05) is 5.92 Å². The lowest BCUT2D eigenvalue weighted by Crippen LogP contribution is -2.43. The minimum absolute atomic E-state index is 0.0513. The number of fused-ring (bicyclic) bond motifs is 1. The average molecular weight is 445 g/mol. The number of carbonyl (C=O) groups is 2. The maximum atomic E-state index is 12.3. The molecule has 1 saturated carbocycles. The average Bonchev–Trinajstić information content (AvgIpc) is 3.40. The highest BCUT2D eigenvalue weighted by Gasteiger charge is 2.48. The number of ether oxygens (including phenoxy) is 2. The van der Waals surface area contributed by atoms with Gasteiger partial charge in [-0.3, -0.25) is 9.36 Å². The number of carbonyl (C=O) groups excluding carboxylic acids is 2. The highest BCUT2D eigenvalue weighted by atomic mass is 16.6. The molecular formula is C19H23N7O6. The van der Waals surface area contributed by atoms with Crippen LogP contribution in [0.3, 0.4) is 0 Å². The molecule has 2 aromatic heterocycles. The highest BCUT2D eigenvalue weighted by Crippen LogP contribution is 2.33. The van der Waals surface area contributed by atoms with Crippen molar-refractivity contribution in [3.05, 3.63) is 12.2 Å². The number of amides is 2. The van der Waals surface area contributed by atoms with Gasteiger partial charge in [-0.15, -0.1) is 0 Å². The summed E-state index contributed by atoms with van der Waals surface area (Å²) in [6, 6.07) is 0.0791. The van der Waals surface area contributed by atoms with E-state index in [-0.39, 0.29) is 35.4 Å². The van der Waals surface area contributed by atoms with Crippen molar-refractivity contribution in [1.82, 2.24) is 29.7 Å². The number of imidazole rings is 1. The van der Waals surface area contributed by atoms with E-state index in [1.807, 2.05) is 0 Å². The van der Waals surface area contributed by atoms with Gasteiger partial charge in [0.2, 0.25) is 5.82 Å². The molecule has 32 heavy (non-hydrogen) atoms. The molecule has 1 saturated heterocycles. The Kier molecular flexibility index (Phi) is 5.83. The Bertz CT molecular complexity index is 1100. The van der Waals surface area contributed by atoms with E-state index in [1.54, 1.807) is 0 Å². The standard InChI is InChI=1S/C19H23N7O6/c1-25(19(30)31-2)7-3-4-10-23-15(20)11-16(24-10)26(8-21-11)18-13(28)12(27)14(32-18)17(29)22-9-5-6-9/h8-9,12-14,18,27-28H,5-7H2,1-2H3,(H,22,29)(H2,20,23,24). The van der Waals surface area contributed by atoms with Crippen molar-refractivity contribution < 1.29 is 29.3 Å². The van der Waals surface area contributed by atoms with Crippen molar-refractivity contribution in [3.63, 3.8) is 0 Å². The van der Waals surface area contributed by atoms with Gasteiger partial charge >= 0.3 is 6.09 Å². The Labute approximate surface area is 182 Å². The SMILES string of the molecule is COC(=O)N(C)CC#Cc1nc(N)c2ncn(C3OC(C(=O)NC4CC4)C(O)C3O)c2n1. The minimum atomic E-state index is -1.43. The second-order valence-corrected chi connectivity index (χ2v) is 7.60. The van der Waals surface area contributed by atoms with E-state index in [0.717, 1.165) is 12.8 Å². The lowest BCUT2D eigenvalue weighted by atomic mass is 10.1. The molecule has 1 aliphatic heterocycles. The van der Waals surface area contributed by atoms with Crippen molar-refractivity contribution >= 4 is 29.0 Å². The van der Waals surface area contributed by atoms with E-state index in [1.165, 1.54) is 30.0 Å². The predicted molar refractivity (Wildman–Crippen MR) is 109 cm³/mol. The molecule has 13 nitrogen and oxygen atoms in total. The topological polar surface area (TPSA) is 178 Å². The minimum Gasteiger partial charge on any atom is -0.453 e. The molecule has 4 unspecified atom stereocenters. The third kappa shape index (κ3) is 4.15. The van der Waals surface area contributed by atoms with Crippen LogP contribution in [0, 0.1) is 11.8 Å². The molecule has 3 heterocycles. The van der Waals surface area contributed by atoms with Crippen molar-refractivity contribution in [2.24, 2.45) is 0 Å². The number of nitrogens with zero attached hydrogens (tertiary/aromatic N) is 5. The molecule has 170 valence electrons. The van der Waals surface area contributed by atoms with Gasteiger partial charge in [0.25, 0.3) is 5.91 Å². The van der Waals surface area contributed by atoms with Crippen molar-refractivity contribution in [2.75, 3.05) is 26.4 Å².